The summed E-state index contributed by atoms with van der Waals surface area (Å²) in [5, 5.41) is 3.44. The van der Waals surface area contributed by atoms with E-state index in [-0.39, 0.29) is 0 Å². The third kappa shape index (κ3) is 4.10. The van der Waals surface area contributed by atoms with Crippen LogP contribution in [0.25, 0.3) is 11.6 Å². The molecule has 160 valence electrons. The second-order valence-electron chi connectivity index (χ2n) is 9.05. The molecule has 0 amide bonds. The van der Waals surface area contributed by atoms with E-state index in [2.05, 4.69) is 47.3 Å². The summed E-state index contributed by atoms with van der Waals surface area (Å²) in [6.07, 6.45) is 11.9. The number of hydrogen-bond acceptors (Lipinski definition) is 4. The molecular formula is C26H35N3O. The number of likely N-dealkylation sites (tertiary alicyclic amines) is 1. The molecule has 30 heavy (non-hydrogen) atoms. The molecule has 2 heterocycles. The van der Waals surface area contributed by atoms with Gasteiger partial charge in [0.2, 0.25) is 0 Å². The topological polar surface area (TPSA) is 44.7 Å². The van der Waals surface area contributed by atoms with Crippen molar-refractivity contribution < 1.29 is 4.79 Å². The van der Waals surface area contributed by atoms with Gasteiger partial charge in [-0.3, -0.25) is 9.79 Å². The van der Waals surface area contributed by atoms with Gasteiger partial charge in [-0.05, 0) is 80.7 Å². The Morgan fingerprint density at radius 2 is 1.83 bits per heavy atom. The summed E-state index contributed by atoms with van der Waals surface area (Å²) < 4.78 is 0. The number of aldehydes is 1. The van der Waals surface area contributed by atoms with E-state index in [1.807, 2.05) is 7.05 Å². The number of hydrogen-bond donors (Lipinski definition) is 1. The van der Waals surface area contributed by atoms with Crippen LogP contribution in [0.15, 0.2) is 28.4 Å². The van der Waals surface area contributed by atoms with Crippen LogP contribution in [-0.4, -0.2) is 43.6 Å². The Morgan fingerprint density at radius 1 is 1.10 bits per heavy atom. The number of nitrogens with one attached hydrogen (secondary N) is 1. The quantitative estimate of drug-likeness (QED) is 0.491. The molecule has 3 aliphatic rings. The maximum atomic E-state index is 12.0. The minimum Gasteiger partial charge on any atom is -0.388 e. The van der Waals surface area contributed by atoms with Crippen molar-refractivity contribution in [2.45, 2.75) is 64.7 Å². The van der Waals surface area contributed by atoms with E-state index in [9.17, 15) is 4.79 Å². The molecule has 2 fully saturated rings. The van der Waals surface area contributed by atoms with E-state index in [4.69, 9.17) is 0 Å². The molecule has 4 nitrogen and oxygen atoms in total. The lowest BCUT2D eigenvalue weighted by atomic mass is 9.86. The highest BCUT2D eigenvalue weighted by molar-refractivity contribution is 6.25. The van der Waals surface area contributed by atoms with E-state index < -0.39 is 0 Å². The summed E-state index contributed by atoms with van der Waals surface area (Å²) in [7, 11) is 1.99. The van der Waals surface area contributed by atoms with Crippen LogP contribution in [0.3, 0.4) is 0 Å². The van der Waals surface area contributed by atoms with E-state index in [0.29, 0.717) is 5.92 Å². The lowest BCUT2D eigenvalue weighted by Crippen LogP contribution is -2.29. The van der Waals surface area contributed by atoms with E-state index in [0.717, 1.165) is 43.0 Å². The van der Waals surface area contributed by atoms with Gasteiger partial charge in [-0.25, -0.2) is 0 Å². The van der Waals surface area contributed by atoms with Crippen LogP contribution in [0, 0.1) is 0 Å². The Bertz CT molecular complexity index is 897. The fourth-order valence-corrected chi connectivity index (χ4v) is 5.42. The Hall–Kier alpha value is -2.36. The average molecular weight is 406 g/mol. The van der Waals surface area contributed by atoms with Crippen LogP contribution < -0.4 is 5.32 Å². The summed E-state index contributed by atoms with van der Waals surface area (Å²) in [6, 6.07) is 4.65. The first kappa shape index (κ1) is 20.9. The molecule has 0 atom stereocenters. The minimum atomic E-state index is 0.567. The molecule has 1 aliphatic carbocycles. The number of nitrogens with zero attached hydrogens (tertiary/aromatic N) is 2. The molecule has 1 N–H and O–H groups in total. The Balaban J connectivity index is 1.84. The van der Waals surface area contributed by atoms with Gasteiger partial charge in [-0.2, -0.15) is 0 Å². The number of anilines is 1. The van der Waals surface area contributed by atoms with Crippen LogP contribution in [0.5, 0.6) is 0 Å². The van der Waals surface area contributed by atoms with Crippen molar-refractivity contribution in [1.29, 1.82) is 0 Å². The smallest absolute Gasteiger partial charge is 0.166 e. The number of carbonyl (C=O) groups is 1. The van der Waals surface area contributed by atoms with Gasteiger partial charge in [0.15, 0.2) is 6.29 Å². The van der Waals surface area contributed by atoms with Crippen molar-refractivity contribution >= 4 is 29.3 Å². The average Bonchev–Trinajstić information content (AvgIpc) is 3.42. The van der Waals surface area contributed by atoms with Gasteiger partial charge in [0.05, 0.1) is 12.2 Å². The highest BCUT2D eigenvalue weighted by atomic mass is 16.1. The van der Waals surface area contributed by atoms with Gasteiger partial charge in [0.25, 0.3) is 0 Å². The molecular weight excluding hydrogens is 370 g/mol. The van der Waals surface area contributed by atoms with Crippen molar-refractivity contribution in [3.05, 3.63) is 40.1 Å². The normalized spacial score (nSPS) is 20.7. The molecule has 4 heteroatoms. The van der Waals surface area contributed by atoms with E-state index >= 15 is 0 Å². The van der Waals surface area contributed by atoms with Crippen LogP contribution >= 0.6 is 0 Å². The molecule has 0 unspecified atom stereocenters. The summed E-state index contributed by atoms with van der Waals surface area (Å²) in [4.78, 5) is 19.0. The molecule has 0 spiro atoms. The molecule has 0 aromatic heterocycles. The van der Waals surface area contributed by atoms with Crippen molar-refractivity contribution in [2.75, 3.05) is 32.0 Å². The molecule has 0 radical (unpaired) electrons. The third-order valence-corrected chi connectivity index (χ3v) is 7.04. The Kier molecular flexibility index (Phi) is 6.40. The molecule has 0 bridgehead atoms. The standard InChI is InChI=1S/C26H35N3O/c1-18-16-28-19(2)26(18)21-13-23(20-9-5-6-10-20)24(25(14-21)27-3)15-22(17-30)29-11-7-4-8-12-29/h13-15,17,20,27H,4-12,16H2,1-3H3/b22-15+. The van der Waals surface area contributed by atoms with Gasteiger partial charge in [0.1, 0.15) is 0 Å². The maximum absolute atomic E-state index is 12.0. The first-order chi connectivity index (χ1) is 14.6. The van der Waals surface area contributed by atoms with Gasteiger partial charge in [0, 0.05) is 42.7 Å². The third-order valence-electron chi connectivity index (χ3n) is 7.04. The molecule has 1 aromatic rings. The van der Waals surface area contributed by atoms with Gasteiger partial charge in [-0.1, -0.05) is 18.9 Å². The van der Waals surface area contributed by atoms with Crippen LogP contribution in [0.2, 0.25) is 0 Å². The molecule has 1 saturated carbocycles. The highest BCUT2D eigenvalue weighted by Crippen LogP contribution is 2.41. The number of carbonyl (C=O) groups excluding carboxylic acids is 1. The zero-order valence-corrected chi connectivity index (χ0v) is 18.8. The predicted octanol–water partition coefficient (Wildman–Crippen LogP) is 5.66. The van der Waals surface area contributed by atoms with Crippen molar-refractivity contribution in [1.82, 2.24) is 4.90 Å². The van der Waals surface area contributed by atoms with E-state index in [1.54, 1.807) is 0 Å². The van der Waals surface area contributed by atoms with Crippen molar-refractivity contribution in [2.24, 2.45) is 4.99 Å². The number of aliphatic imine (C=N–C) groups is 1. The SMILES string of the molecule is CNc1cc(C2=C(C)CN=C2C)cc(C2CCCC2)c1/C=C(\C=O)N1CCCCC1. The zero-order chi connectivity index (χ0) is 21.1. The first-order valence-corrected chi connectivity index (χ1v) is 11.6. The first-order valence-electron chi connectivity index (χ1n) is 11.6. The second kappa shape index (κ2) is 9.20. The zero-order valence-electron chi connectivity index (χ0n) is 18.8. The summed E-state index contributed by atoms with van der Waals surface area (Å²) in [5.41, 5.74) is 9.58. The number of allylic oxidation sites excluding steroid dienone is 2. The number of rotatable bonds is 6. The second-order valence-corrected chi connectivity index (χ2v) is 9.05. The van der Waals surface area contributed by atoms with Crippen LogP contribution in [-0.2, 0) is 4.79 Å². The Labute approximate surface area is 181 Å². The van der Waals surface area contributed by atoms with E-state index in [1.165, 1.54) is 72.8 Å². The van der Waals surface area contributed by atoms with Crippen molar-refractivity contribution in [3.8, 4) is 0 Å². The van der Waals surface area contributed by atoms with Gasteiger partial charge < -0.3 is 10.2 Å². The van der Waals surface area contributed by atoms with Crippen LogP contribution in [0.4, 0.5) is 5.69 Å². The summed E-state index contributed by atoms with van der Waals surface area (Å²) in [5.74, 6) is 0.567. The molecule has 2 aliphatic heterocycles. The van der Waals surface area contributed by atoms with Crippen molar-refractivity contribution in [3.63, 3.8) is 0 Å². The molecule has 1 aromatic carbocycles. The summed E-state index contributed by atoms with van der Waals surface area (Å²) >= 11 is 0. The Morgan fingerprint density at radius 3 is 2.43 bits per heavy atom. The maximum Gasteiger partial charge on any atom is 0.166 e. The largest absolute Gasteiger partial charge is 0.388 e. The highest BCUT2D eigenvalue weighted by Gasteiger charge is 2.25. The monoisotopic (exact) mass is 405 g/mol. The number of benzene rings is 1. The molecule has 4 rings (SSSR count). The van der Waals surface area contributed by atoms with Crippen LogP contribution in [0.1, 0.15) is 81.4 Å². The predicted molar refractivity (Wildman–Crippen MR) is 127 cm³/mol. The lowest BCUT2D eigenvalue weighted by Gasteiger charge is -2.29. The van der Waals surface area contributed by atoms with Gasteiger partial charge in [-0.15, -0.1) is 0 Å². The lowest BCUT2D eigenvalue weighted by molar-refractivity contribution is -0.106. The molecule has 1 saturated heterocycles. The fraction of sp³-hybridized carbons (Fsp3) is 0.538. The number of piperidine rings is 1. The minimum absolute atomic E-state index is 0.567. The summed E-state index contributed by atoms with van der Waals surface area (Å²) in [6.45, 7) is 7.09. The fourth-order valence-electron chi connectivity index (χ4n) is 5.42. The van der Waals surface area contributed by atoms with Gasteiger partial charge >= 0.3 is 0 Å².